The van der Waals surface area contributed by atoms with E-state index in [1.54, 1.807) is 0 Å². The van der Waals surface area contributed by atoms with E-state index in [9.17, 15) is 5.26 Å². The van der Waals surface area contributed by atoms with E-state index in [4.69, 9.17) is 0 Å². The second kappa shape index (κ2) is 6.43. The quantitative estimate of drug-likeness (QED) is 0.258. The van der Waals surface area contributed by atoms with Crippen molar-refractivity contribution in [3.8, 4) is 22.9 Å². The molecule has 148 valence electrons. The van der Waals surface area contributed by atoms with Gasteiger partial charge in [-0.05, 0) is 69.7 Å². The lowest BCUT2D eigenvalue weighted by Crippen LogP contribution is -1.94. The van der Waals surface area contributed by atoms with Crippen molar-refractivity contribution in [2.24, 2.45) is 0 Å². The average molecular weight is 425 g/mol. The van der Waals surface area contributed by atoms with Gasteiger partial charge < -0.3 is 4.57 Å². The average Bonchev–Trinajstić information content (AvgIpc) is 3.45. The van der Waals surface area contributed by atoms with Crippen LogP contribution in [0, 0.1) is 11.3 Å². The van der Waals surface area contributed by atoms with Crippen LogP contribution in [0.3, 0.4) is 0 Å². The predicted octanol–water partition coefficient (Wildman–Crippen LogP) is 8.13. The first-order valence-electron chi connectivity index (χ1n) is 10.6. The number of nitriles is 1. The van der Waals surface area contributed by atoms with E-state index in [1.165, 1.54) is 42.7 Å². The Bertz CT molecular complexity index is 1840. The lowest BCUT2D eigenvalue weighted by Gasteiger charge is -2.11. The molecule has 0 fully saturated rings. The second-order valence-corrected chi connectivity index (χ2v) is 9.09. The summed E-state index contributed by atoms with van der Waals surface area (Å²) in [7, 11) is 0. The van der Waals surface area contributed by atoms with Gasteiger partial charge in [0.05, 0.1) is 22.7 Å². The highest BCUT2D eigenvalue weighted by Crippen LogP contribution is 2.43. The fraction of sp³-hybridized carbons (Fsp3) is 0. The minimum Gasteiger partial charge on any atom is -0.309 e. The maximum Gasteiger partial charge on any atom is 0.0991 e. The van der Waals surface area contributed by atoms with Crippen LogP contribution in [0.1, 0.15) is 5.56 Å². The summed E-state index contributed by atoms with van der Waals surface area (Å²) in [5.74, 6) is 0. The molecule has 2 aromatic heterocycles. The first-order valence-corrected chi connectivity index (χ1v) is 11.5. The summed E-state index contributed by atoms with van der Waals surface area (Å²) >= 11 is 1.81. The topological polar surface area (TPSA) is 28.7 Å². The van der Waals surface area contributed by atoms with Crippen LogP contribution in [-0.4, -0.2) is 4.57 Å². The Labute approximate surface area is 188 Å². The summed E-state index contributed by atoms with van der Waals surface area (Å²) in [5.41, 5.74) is 6.43. The van der Waals surface area contributed by atoms with Gasteiger partial charge in [0.25, 0.3) is 0 Å². The molecule has 0 bridgehead atoms. The molecule has 0 radical (unpaired) electrons. The first kappa shape index (κ1) is 17.5. The van der Waals surface area contributed by atoms with Crippen molar-refractivity contribution < 1.29 is 0 Å². The van der Waals surface area contributed by atoms with Gasteiger partial charge in [0.2, 0.25) is 0 Å². The van der Waals surface area contributed by atoms with E-state index in [1.807, 2.05) is 29.5 Å². The Morgan fingerprint density at radius 2 is 1.53 bits per heavy atom. The smallest absolute Gasteiger partial charge is 0.0991 e. The zero-order chi connectivity index (χ0) is 21.2. The third kappa shape index (κ3) is 2.33. The Hall–Kier alpha value is -4.13. The molecule has 5 aromatic carbocycles. The van der Waals surface area contributed by atoms with Gasteiger partial charge in [-0.15, -0.1) is 11.3 Å². The number of nitrogens with zero attached hydrogens (tertiary/aromatic N) is 2. The van der Waals surface area contributed by atoms with Crippen LogP contribution in [-0.2, 0) is 0 Å². The fourth-order valence-corrected chi connectivity index (χ4v) is 5.96. The zero-order valence-corrected chi connectivity index (χ0v) is 17.9. The molecule has 7 rings (SSSR count). The van der Waals surface area contributed by atoms with Crippen LogP contribution >= 0.6 is 11.3 Å². The number of fused-ring (bicyclic) bond motifs is 2. The SMILES string of the molecule is N#Cc1cccc(-c2cccc(-n3c4cccc5ccc6c7sccc7cc3c6c54)c2)c1. The lowest BCUT2D eigenvalue weighted by atomic mass is 10.0. The molecule has 0 aliphatic rings. The summed E-state index contributed by atoms with van der Waals surface area (Å²) in [6, 6.07) is 34.3. The van der Waals surface area contributed by atoms with Gasteiger partial charge in [0.1, 0.15) is 0 Å². The maximum atomic E-state index is 9.32. The van der Waals surface area contributed by atoms with Gasteiger partial charge in [-0.2, -0.15) is 5.26 Å². The van der Waals surface area contributed by atoms with E-state index < -0.39 is 0 Å². The molecule has 2 heterocycles. The van der Waals surface area contributed by atoms with Crippen molar-refractivity contribution in [2.75, 3.05) is 0 Å². The molecule has 32 heavy (non-hydrogen) atoms. The van der Waals surface area contributed by atoms with Gasteiger partial charge in [0, 0.05) is 26.5 Å². The van der Waals surface area contributed by atoms with Crippen molar-refractivity contribution >= 4 is 54.0 Å². The number of rotatable bonds is 2. The van der Waals surface area contributed by atoms with Crippen LogP contribution in [0.25, 0.3) is 59.5 Å². The Kier molecular flexibility index (Phi) is 3.53. The molecule has 0 atom stereocenters. The third-order valence-electron chi connectivity index (χ3n) is 6.42. The summed E-state index contributed by atoms with van der Waals surface area (Å²) in [4.78, 5) is 0. The zero-order valence-electron chi connectivity index (χ0n) is 17.0. The van der Waals surface area contributed by atoms with Crippen LogP contribution in [0.15, 0.2) is 96.4 Å². The molecule has 0 unspecified atom stereocenters. The standard InChI is InChI=1S/C29H16N2S/c30-17-18-4-1-6-20(14-18)21-7-2-8-23(15-21)31-25-9-3-5-19-10-11-24-28(27(19)25)26(31)16-22-12-13-32-29(22)24/h1-16H. The summed E-state index contributed by atoms with van der Waals surface area (Å²) in [6.45, 7) is 0. The molecule has 0 spiro atoms. The Morgan fingerprint density at radius 3 is 2.44 bits per heavy atom. The van der Waals surface area contributed by atoms with E-state index in [0.29, 0.717) is 5.56 Å². The van der Waals surface area contributed by atoms with Crippen molar-refractivity contribution in [3.05, 3.63) is 102 Å². The van der Waals surface area contributed by atoms with E-state index >= 15 is 0 Å². The highest BCUT2D eigenvalue weighted by molar-refractivity contribution is 7.18. The van der Waals surface area contributed by atoms with Crippen LogP contribution in [0.5, 0.6) is 0 Å². The molecular formula is C29H16N2S. The largest absolute Gasteiger partial charge is 0.309 e. The van der Waals surface area contributed by atoms with Gasteiger partial charge in [-0.25, -0.2) is 0 Å². The number of hydrogen-bond acceptors (Lipinski definition) is 2. The van der Waals surface area contributed by atoms with Gasteiger partial charge >= 0.3 is 0 Å². The molecule has 3 heteroatoms. The molecule has 0 amide bonds. The highest BCUT2D eigenvalue weighted by atomic mass is 32.1. The lowest BCUT2D eigenvalue weighted by molar-refractivity contribution is 1.18. The fourth-order valence-electron chi connectivity index (χ4n) is 5.05. The highest BCUT2D eigenvalue weighted by Gasteiger charge is 2.19. The Morgan fingerprint density at radius 1 is 0.688 bits per heavy atom. The van der Waals surface area contributed by atoms with E-state index in [2.05, 4.69) is 88.8 Å². The molecule has 0 N–H and O–H groups in total. The number of hydrogen-bond donors (Lipinski definition) is 0. The van der Waals surface area contributed by atoms with Crippen LogP contribution in [0.4, 0.5) is 0 Å². The van der Waals surface area contributed by atoms with Gasteiger partial charge in [-0.1, -0.05) is 48.5 Å². The van der Waals surface area contributed by atoms with Crippen molar-refractivity contribution in [1.82, 2.24) is 4.57 Å². The van der Waals surface area contributed by atoms with E-state index in [0.717, 1.165) is 16.8 Å². The minimum absolute atomic E-state index is 0.677. The Balaban J connectivity index is 1.59. The van der Waals surface area contributed by atoms with Crippen molar-refractivity contribution in [2.45, 2.75) is 0 Å². The summed E-state index contributed by atoms with van der Waals surface area (Å²) in [6.07, 6.45) is 0. The molecule has 0 aliphatic carbocycles. The minimum atomic E-state index is 0.677. The number of thiophene rings is 1. The monoisotopic (exact) mass is 424 g/mol. The van der Waals surface area contributed by atoms with Crippen LogP contribution < -0.4 is 0 Å². The molecular weight excluding hydrogens is 408 g/mol. The van der Waals surface area contributed by atoms with Gasteiger partial charge in [-0.3, -0.25) is 0 Å². The van der Waals surface area contributed by atoms with Crippen molar-refractivity contribution in [3.63, 3.8) is 0 Å². The second-order valence-electron chi connectivity index (χ2n) is 8.18. The van der Waals surface area contributed by atoms with E-state index in [-0.39, 0.29) is 0 Å². The molecule has 7 aromatic rings. The van der Waals surface area contributed by atoms with Crippen LogP contribution in [0.2, 0.25) is 0 Å². The molecule has 0 saturated carbocycles. The predicted molar refractivity (Wildman–Crippen MR) is 135 cm³/mol. The van der Waals surface area contributed by atoms with Gasteiger partial charge in [0.15, 0.2) is 0 Å². The maximum absolute atomic E-state index is 9.32. The first-order chi connectivity index (χ1) is 15.8. The molecule has 0 aliphatic heterocycles. The normalized spacial score (nSPS) is 11.7. The molecule has 0 saturated heterocycles. The summed E-state index contributed by atoms with van der Waals surface area (Å²) in [5, 5.41) is 18.0. The summed E-state index contributed by atoms with van der Waals surface area (Å²) < 4.78 is 3.74. The number of benzene rings is 5. The number of aromatic nitrogens is 1. The van der Waals surface area contributed by atoms with Crippen molar-refractivity contribution in [1.29, 1.82) is 5.26 Å². The third-order valence-corrected chi connectivity index (χ3v) is 7.39. The molecule has 2 nitrogen and oxygen atoms in total.